The van der Waals surface area contributed by atoms with Gasteiger partial charge in [-0.15, -0.1) is 0 Å². The quantitative estimate of drug-likeness (QED) is 0.537. The van der Waals surface area contributed by atoms with E-state index >= 15 is 0 Å². The molecule has 0 atom stereocenters. The van der Waals surface area contributed by atoms with Gasteiger partial charge in [0, 0.05) is 6.04 Å². The van der Waals surface area contributed by atoms with Crippen LogP contribution >= 0.6 is 0 Å². The van der Waals surface area contributed by atoms with Gasteiger partial charge >= 0.3 is 0 Å². The lowest BCUT2D eigenvalue weighted by Gasteiger charge is -2.00. The van der Waals surface area contributed by atoms with Crippen molar-refractivity contribution in [2.45, 2.75) is 26.8 Å². The summed E-state index contributed by atoms with van der Waals surface area (Å²) in [5.74, 6) is 1.16. The Morgan fingerprint density at radius 1 is 1.58 bits per heavy atom. The Labute approximate surface area is 72.3 Å². The molecule has 2 N–H and O–H groups in total. The Hall–Kier alpha value is -1.25. The minimum atomic E-state index is 0.203. The van der Waals surface area contributed by atoms with Crippen LogP contribution in [0.1, 0.15) is 25.2 Å². The Kier molecular flexibility index (Phi) is 2.53. The van der Waals surface area contributed by atoms with Gasteiger partial charge < -0.3 is 10.2 Å². The molecule has 0 radical (unpaired) electrons. The Bertz CT molecular complexity index is 286. The molecule has 0 amide bonds. The third-order valence-corrected chi connectivity index (χ3v) is 1.49. The highest BCUT2D eigenvalue weighted by molar-refractivity contribution is 5.96. The van der Waals surface area contributed by atoms with E-state index in [4.69, 9.17) is 10.2 Å². The van der Waals surface area contributed by atoms with Gasteiger partial charge in [-0.25, -0.2) is 0 Å². The molecule has 3 nitrogen and oxygen atoms in total. The van der Waals surface area contributed by atoms with E-state index in [9.17, 15) is 0 Å². The first kappa shape index (κ1) is 8.84. The molecule has 66 valence electrons. The first-order chi connectivity index (χ1) is 5.61. The lowest BCUT2D eigenvalue weighted by atomic mass is 10.2. The summed E-state index contributed by atoms with van der Waals surface area (Å²) in [7, 11) is 0. The molecule has 1 heterocycles. The third-order valence-electron chi connectivity index (χ3n) is 1.49. The Balaban J connectivity index is 2.92. The maximum absolute atomic E-state index is 5.70. The van der Waals surface area contributed by atoms with Gasteiger partial charge in [0.15, 0.2) is 11.6 Å². The SMILES string of the molecule is Cc1ccoc1C(N)=NC(C)C. The van der Waals surface area contributed by atoms with Crippen LogP contribution in [0, 0.1) is 6.92 Å². The fourth-order valence-electron chi connectivity index (χ4n) is 0.972. The predicted molar refractivity (Wildman–Crippen MR) is 49.3 cm³/mol. The number of amidine groups is 1. The highest BCUT2D eigenvalue weighted by Gasteiger charge is 2.06. The number of aryl methyl sites for hydroxylation is 1. The van der Waals surface area contributed by atoms with Crippen LogP contribution < -0.4 is 5.73 Å². The van der Waals surface area contributed by atoms with Crippen LogP contribution in [0.3, 0.4) is 0 Å². The second kappa shape index (κ2) is 3.43. The zero-order valence-corrected chi connectivity index (χ0v) is 7.66. The maximum Gasteiger partial charge on any atom is 0.171 e. The van der Waals surface area contributed by atoms with Crippen LogP contribution in [-0.4, -0.2) is 11.9 Å². The lowest BCUT2D eigenvalue weighted by Crippen LogP contribution is -2.15. The summed E-state index contributed by atoms with van der Waals surface area (Å²) in [6.07, 6.45) is 1.62. The van der Waals surface area contributed by atoms with Crippen LogP contribution in [-0.2, 0) is 0 Å². The first-order valence-corrected chi connectivity index (χ1v) is 3.99. The molecule has 0 aliphatic rings. The number of nitrogens with zero attached hydrogens (tertiary/aromatic N) is 1. The monoisotopic (exact) mass is 166 g/mol. The van der Waals surface area contributed by atoms with Crippen molar-refractivity contribution in [3.05, 3.63) is 23.7 Å². The summed E-state index contributed by atoms with van der Waals surface area (Å²) in [6.45, 7) is 5.90. The molecule has 1 aromatic rings. The highest BCUT2D eigenvalue weighted by Crippen LogP contribution is 2.08. The molecular weight excluding hydrogens is 152 g/mol. The van der Waals surface area contributed by atoms with E-state index in [0.717, 1.165) is 5.56 Å². The number of hydrogen-bond donors (Lipinski definition) is 1. The Morgan fingerprint density at radius 2 is 2.25 bits per heavy atom. The molecule has 12 heavy (non-hydrogen) atoms. The molecular formula is C9H14N2O. The standard InChI is InChI=1S/C9H14N2O/c1-6(2)11-9(10)8-7(3)4-5-12-8/h4-6H,1-3H3,(H2,10,11). The van der Waals surface area contributed by atoms with E-state index in [-0.39, 0.29) is 6.04 Å². The summed E-state index contributed by atoms with van der Waals surface area (Å²) in [5.41, 5.74) is 6.72. The predicted octanol–water partition coefficient (Wildman–Crippen LogP) is 1.70. The van der Waals surface area contributed by atoms with Crippen LogP contribution in [0.5, 0.6) is 0 Å². The molecule has 3 heteroatoms. The van der Waals surface area contributed by atoms with E-state index in [1.165, 1.54) is 0 Å². The van der Waals surface area contributed by atoms with E-state index in [0.29, 0.717) is 11.6 Å². The highest BCUT2D eigenvalue weighted by atomic mass is 16.3. The van der Waals surface area contributed by atoms with Gasteiger partial charge in [-0.05, 0) is 32.4 Å². The molecule has 0 unspecified atom stereocenters. The van der Waals surface area contributed by atoms with Crippen molar-refractivity contribution in [2.75, 3.05) is 0 Å². The third kappa shape index (κ3) is 1.87. The molecule has 0 fully saturated rings. The van der Waals surface area contributed by atoms with Crippen molar-refractivity contribution in [3.8, 4) is 0 Å². The number of rotatable bonds is 2. The summed E-state index contributed by atoms with van der Waals surface area (Å²) >= 11 is 0. The molecule has 0 aliphatic heterocycles. The van der Waals surface area contributed by atoms with Gasteiger partial charge in [0.1, 0.15) is 0 Å². The van der Waals surface area contributed by atoms with Crippen LogP contribution in [0.4, 0.5) is 0 Å². The Morgan fingerprint density at radius 3 is 2.67 bits per heavy atom. The summed E-state index contributed by atoms with van der Waals surface area (Å²) < 4.78 is 5.17. The molecule has 0 saturated carbocycles. The van der Waals surface area contributed by atoms with Crippen molar-refractivity contribution < 1.29 is 4.42 Å². The zero-order chi connectivity index (χ0) is 9.14. The minimum Gasteiger partial charge on any atom is -0.461 e. The normalized spacial score (nSPS) is 12.5. The van der Waals surface area contributed by atoms with Crippen molar-refractivity contribution in [2.24, 2.45) is 10.7 Å². The number of hydrogen-bond acceptors (Lipinski definition) is 2. The fourth-order valence-corrected chi connectivity index (χ4v) is 0.972. The van der Waals surface area contributed by atoms with E-state index < -0.39 is 0 Å². The molecule has 0 aromatic carbocycles. The van der Waals surface area contributed by atoms with Gasteiger partial charge in [-0.2, -0.15) is 0 Å². The van der Waals surface area contributed by atoms with Crippen molar-refractivity contribution in [1.29, 1.82) is 0 Å². The summed E-state index contributed by atoms with van der Waals surface area (Å²) in [6, 6.07) is 2.08. The van der Waals surface area contributed by atoms with Crippen LogP contribution in [0.25, 0.3) is 0 Å². The van der Waals surface area contributed by atoms with Crippen molar-refractivity contribution in [3.63, 3.8) is 0 Å². The average Bonchev–Trinajstić information content (AvgIpc) is 2.33. The lowest BCUT2D eigenvalue weighted by molar-refractivity contribution is 0.553. The second-order valence-electron chi connectivity index (χ2n) is 3.04. The molecule has 0 bridgehead atoms. The van der Waals surface area contributed by atoms with Gasteiger partial charge in [-0.1, -0.05) is 0 Å². The summed E-state index contributed by atoms with van der Waals surface area (Å²) in [5, 5.41) is 0. The number of nitrogens with two attached hydrogens (primary N) is 1. The summed E-state index contributed by atoms with van der Waals surface area (Å²) in [4.78, 5) is 4.18. The molecule has 1 rings (SSSR count). The largest absolute Gasteiger partial charge is 0.461 e. The molecule has 0 saturated heterocycles. The van der Waals surface area contributed by atoms with Gasteiger partial charge in [0.2, 0.25) is 0 Å². The number of furan rings is 1. The van der Waals surface area contributed by atoms with Crippen molar-refractivity contribution in [1.82, 2.24) is 0 Å². The van der Waals surface area contributed by atoms with Crippen molar-refractivity contribution >= 4 is 5.84 Å². The van der Waals surface area contributed by atoms with Crippen LogP contribution in [0.2, 0.25) is 0 Å². The van der Waals surface area contributed by atoms with Gasteiger partial charge in [0.05, 0.1) is 6.26 Å². The van der Waals surface area contributed by atoms with E-state index in [1.54, 1.807) is 6.26 Å². The fraction of sp³-hybridized carbons (Fsp3) is 0.444. The van der Waals surface area contributed by atoms with Gasteiger partial charge in [0.25, 0.3) is 0 Å². The maximum atomic E-state index is 5.70. The molecule has 0 spiro atoms. The van der Waals surface area contributed by atoms with E-state index in [1.807, 2.05) is 26.8 Å². The van der Waals surface area contributed by atoms with Crippen LogP contribution in [0.15, 0.2) is 21.7 Å². The number of aliphatic imine (C=N–C) groups is 1. The molecule has 1 aromatic heterocycles. The smallest absolute Gasteiger partial charge is 0.171 e. The molecule has 0 aliphatic carbocycles. The first-order valence-electron chi connectivity index (χ1n) is 3.99. The second-order valence-corrected chi connectivity index (χ2v) is 3.04. The minimum absolute atomic E-state index is 0.203. The zero-order valence-electron chi connectivity index (χ0n) is 7.66. The average molecular weight is 166 g/mol. The topological polar surface area (TPSA) is 51.5 Å². The van der Waals surface area contributed by atoms with E-state index in [2.05, 4.69) is 4.99 Å². The van der Waals surface area contributed by atoms with Gasteiger partial charge in [-0.3, -0.25) is 4.99 Å².